The molecule has 1 unspecified atom stereocenters. The minimum atomic E-state index is -0.967. The smallest absolute Gasteiger partial charge is 0.229 e. The van der Waals surface area contributed by atoms with Crippen molar-refractivity contribution in [3.05, 3.63) is 40.3 Å². The van der Waals surface area contributed by atoms with Crippen LogP contribution in [0.5, 0.6) is 5.75 Å². The summed E-state index contributed by atoms with van der Waals surface area (Å²) in [5.41, 5.74) is 8.64. The first-order valence-electron chi connectivity index (χ1n) is 6.50. The number of azide groups is 1. The van der Waals surface area contributed by atoms with Gasteiger partial charge in [0.25, 0.3) is 0 Å². The number of hydrogen-bond acceptors (Lipinski definition) is 4. The van der Waals surface area contributed by atoms with E-state index >= 15 is 0 Å². The van der Waals surface area contributed by atoms with Crippen LogP contribution in [0.1, 0.15) is 19.4 Å². The number of carbonyl (C=O) groups is 1. The Labute approximate surface area is 123 Å². The van der Waals surface area contributed by atoms with Gasteiger partial charge in [-0.05, 0) is 23.2 Å². The fraction of sp³-hybridized carbons (Fsp3) is 0.500. The standard InChI is InChI=1S/C14H20N4O3/c1-14(2,9-19)12(17-18-15)13(20)16-8-10-4-6-11(21-3)7-5-10/h4-7,12,19H,8-9H2,1-3H3,(H,16,20). The Balaban J connectivity index is 2.71. The van der Waals surface area contributed by atoms with Gasteiger partial charge in [0.2, 0.25) is 5.91 Å². The fourth-order valence-corrected chi connectivity index (χ4v) is 1.73. The third-order valence-electron chi connectivity index (χ3n) is 3.19. The molecular weight excluding hydrogens is 272 g/mol. The zero-order valence-corrected chi connectivity index (χ0v) is 12.4. The van der Waals surface area contributed by atoms with E-state index in [1.165, 1.54) is 0 Å². The van der Waals surface area contributed by atoms with Crippen molar-refractivity contribution < 1.29 is 14.6 Å². The van der Waals surface area contributed by atoms with Gasteiger partial charge < -0.3 is 15.2 Å². The second kappa shape index (κ2) is 7.52. The molecule has 0 aliphatic heterocycles. The van der Waals surface area contributed by atoms with Crippen molar-refractivity contribution in [3.63, 3.8) is 0 Å². The second-order valence-electron chi connectivity index (χ2n) is 5.32. The number of nitrogens with zero attached hydrogens (tertiary/aromatic N) is 3. The maximum Gasteiger partial charge on any atom is 0.229 e. The number of methoxy groups -OCH3 is 1. The number of carbonyl (C=O) groups excluding carboxylic acids is 1. The summed E-state index contributed by atoms with van der Waals surface area (Å²) in [7, 11) is 1.58. The van der Waals surface area contributed by atoms with E-state index < -0.39 is 17.4 Å². The van der Waals surface area contributed by atoms with Crippen molar-refractivity contribution in [1.29, 1.82) is 0 Å². The molecule has 7 nitrogen and oxygen atoms in total. The first kappa shape index (κ1) is 16.8. The van der Waals surface area contributed by atoms with Crippen LogP contribution in [0, 0.1) is 5.41 Å². The highest BCUT2D eigenvalue weighted by Crippen LogP contribution is 2.23. The number of benzene rings is 1. The number of nitrogens with one attached hydrogen (secondary N) is 1. The van der Waals surface area contributed by atoms with Gasteiger partial charge in [-0.1, -0.05) is 31.1 Å². The van der Waals surface area contributed by atoms with Crippen LogP contribution in [0.25, 0.3) is 10.4 Å². The minimum Gasteiger partial charge on any atom is -0.497 e. The van der Waals surface area contributed by atoms with Gasteiger partial charge in [0.05, 0.1) is 7.11 Å². The molecular formula is C14H20N4O3. The largest absolute Gasteiger partial charge is 0.497 e. The number of amides is 1. The molecule has 0 spiro atoms. The number of hydrogen-bond donors (Lipinski definition) is 2. The zero-order chi connectivity index (χ0) is 15.9. The Morgan fingerprint density at radius 3 is 2.57 bits per heavy atom. The Bertz CT molecular complexity index is 522. The SMILES string of the molecule is COc1ccc(CNC(=O)C(N=[N+]=[N-])C(C)(C)CO)cc1. The van der Waals surface area contributed by atoms with E-state index in [1.54, 1.807) is 33.1 Å². The van der Waals surface area contributed by atoms with E-state index in [-0.39, 0.29) is 6.61 Å². The van der Waals surface area contributed by atoms with Crippen molar-refractivity contribution in [2.45, 2.75) is 26.4 Å². The molecule has 1 amide bonds. The van der Waals surface area contributed by atoms with Gasteiger partial charge in [0.15, 0.2) is 0 Å². The summed E-state index contributed by atoms with van der Waals surface area (Å²) >= 11 is 0. The third kappa shape index (κ3) is 4.66. The van der Waals surface area contributed by atoms with Crippen LogP contribution in [0.4, 0.5) is 0 Å². The van der Waals surface area contributed by atoms with Gasteiger partial charge >= 0.3 is 0 Å². The second-order valence-corrected chi connectivity index (χ2v) is 5.32. The summed E-state index contributed by atoms with van der Waals surface area (Å²) in [4.78, 5) is 14.8. The number of aliphatic hydroxyl groups is 1. The molecule has 0 radical (unpaired) electrons. The van der Waals surface area contributed by atoms with Gasteiger partial charge in [-0.3, -0.25) is 4.79 Å². The highest BCUT2D eigenvalue weighted by Gasteiger charge is 2.33. The molecule has 0 bridgehead atoms. The molecule has 1 aromatic rings. The maximum absolute atomic E-state index is 12.1. The van der Waals surface area contributed by atoms with E-state index in [0.29, 0.717) is 6.54 Å². The lowest BCUT2D eigenvalue weighted by molar-refractivity contribution is -0.125. The number of ether oxygens (including phenoxy) is 1. The maximum atomic E-state index is 12.1. The predicted molar refractivity (Wildman–Crippen MR) is 78.6 cm³/mol. The summed E-state index contributed by atoms with van der Waals surface area (Å²) < 4.78 is 5.05. The summed E-state index contributed by atoms with van der Waals surface area (Å²) in [6.07, 6.45) is 0. The lowest BCUT2D eigenvalue weighted by Crippen LogP contribution is -2.44. The topological polar surface area (TPSA) is 107 Å². The molecule has 114 valence electrons. The van der Waals surface area contributed by atoms with Crippen molar-refractivity contribution in [3.8, 4) is 5.75 Å². The average molecular weight is 292 g/mol. The average Bonchev–Trinajstić information content (AvgIpc) is 2.50. The van der Waals surface area contributed by atoms with E-state index in [0.717, 1.165) is 11.3 Å². The predicted octanol–water partition coefficient (Wildman–Crippen LogP) is 2.01. The molecule has 0 saturated heterocycles. The van der Waals surface area contributed by atoms with Gasteiger partial charge in [-0.25, -0.2) is 0 Å². The molecule has 0 aromatic heterocycles. The van der Waals surface area contributed by atoms with E-state index in [9.17, 15) is 9.90 Å². The van der Waals surface area contributed by atoms with Gasteiger partial charge in [-0.2, -0.15) is 0 Å². The Morgan fingerprint density at radius 2 is 2.10 bits per heavy atom. The Kier molecular flexibility index (Phi) is 6.02. The molecule has 0 heterocycles. The molecule has 0 aliphatic rings. The van der Waals surface area contributed by atoms with Crippen LogP contribution in [0.3, 0.4) is 0 Å². The van der Waals surface area contributed by atoms with E-state index in [4.69, 9.17) is 10.3 Å². The molecule has 0 saturated carbocycles. The molecule has 1 atom stereocenters. The molecule has 0 fully saturated rings. The summed E-state index contributed by atoms with van der Waals surface area (Å²) in [6.45, 7) is 3.38. The van der Waals surface area contributed by atoms with Crippen molar-refractivity contribution in [1.82, 2.24) is 5.32 Å². The highest BCUT2D eigenvalue weighted by molar-refractivity contribution is 5.82. The zero-order valence-electron chi connectivity index (χ0n) is 12.4. The lowest BCUT2D eigenvalue weighted by atomic mass is 9.85. The Morgan fingerprint density at radius 1 is 1.48 bits per heavy atom. The molecule has 7 heteroatoms. The minimum absolute atomic E-state index is 0.257. The van der Waals surface area contributed by atoms with Crippen LogP contribution in [-0.2, 0) is 11.3 Å². The van der Waals surface area contributed by atoms with Crippen LogP contribution in [-0.4, -0.2) is 30.8 Å². The first-order valence-corrected chi connectivity index (χ1v) is 6.50. The summed E-state index contributed by atoms with van der Waals surface area (Å²) in [6, 6.07) is 6.29. The molecule has 2 N–H and O–H groups in total. The lowest BCUT2D eigenvalue weighted by Gasteiger charge is -2.27. The van der Waals surface area contributed by atoms with Crippen LogP contribution < -0.4 is 10.1 Å². The Hall–Kier alpha value is -2.24. The van der Waals surface area contributed by atoms with Gasteiger partial charge in [-0.15, -0.1) is 0 Å². The highest BCUT2D eigenvalue weighted by atomic mass is 16.5. The normalized spacial score (nSPS) is 12.2. The monoisotopic (exact) mass is 292 g/mol. The van der Waals surface area contributed by atoms with Crippen molar-refractivity contribution in [2.24, 2.45) is 10.5 Å². The first-order chi connectivity index (χ1) is 9.94. The van der Waals surface area contributed by atoms with Crippen molar-refractivity contribution >= 4 is 5.91 Å². The molecule has 1 aromatic carbocycles. The molecule has 1 rings (SSSR count). The van der Waals surface area contributed by atoms with Gasteiger partial charge in [0.1, 0.15) is 11.8 Å². The van der Waals surface area contributed by atoms with E-state index in [2.05, 4.69) is 15.3 Å². The van der Waals surface area contributed by atoms with E-state index in [1.807, 2.05) is 12.1 Å². The van der Waals surface area contributed by atoms with Crippen molar-refractivity contribution in [2.75, 3.05) is 13.7 Å². The van der Waals surface area contributed by atoms with Crippen LogP contribution in [0.15, 0.2) is 29.4 Å². The molecule has 0 aliphatic carbocycles. The quantitative estimate of drug-likeness (QED) is 0.456. The van der Waals surface area contributed by atoms with Crippen LogP contribution in [0.2, 0.25) is 0 Å². The van der Waals surface area contributed by atoms with Crippen LogP contribution >= 0.6 is 0 Å². The number of aliphatic hydroxyl groups excluding tert-OH is 1. The summed E-state index contributed by atoms with van der Waals surface area (Å²) in [5.74, 6) is 0.320. The molecule has 21 heavy (non-hydrogen) atoms. The summed E-state index contributed by atoms with van der Waals surface area (Å²) in [5, 5.41) is 15.5. The number of rotatable bonds is 7. The third-order valence-corrected chi connectivity index (χ3v) is 3.19. The fourth-order valence-electron chi connectivity index (χ4n) is 1.73. The van der Waals surface area contributed by atoms with Gasteiger partial charge in [0, 0.05) is 23.5 Å².